The van der Waals surface area contributed by atoms with Crippen LogP contribution in [0, 0.1) is 12.8 Å². The van der Waals surface area contributed by atoms with Gasteiger partial charge in [0.15, 0.2) is 0 Å². The number of carbonyl (C=O) groups excluding carboxylic acids is 1. The van der Waals surface area contributed by atoms with Crippen LogP contribution in [0.4, 0.5) is 13.2 Å². The Labute approximate surface area is 141 Å². The van der Waals surface area contributed by atoms with Gasteiger partial charge in [-0.1, -0.05) is 23.7 Å². The Balaban J connectivity index is 2.06. The molecular formula is C16H16ClF3N2O2. The number of hydrogen-bond donors (Lipinski definition) is 2. The van der Waals surface area contributed by atoms with E-state index in [0.29, 0.717) is 12.8 Å². The molecule has 0 saturated carbocycles. The van der Waals surface area contributed by atoms with Crippen molar-refractivity contribution >= 4 is 17.5 Å². The Morgan fingerprint density at radius 2 is 2.17 bits per heavy atom. The van der Waals surface area contributed by atoms with Crippen molar-refractivity contribution in [2.75, 3.05) is 0 Å². The fraction of sp³-hybridized carbons (Fsp3) is 0.438. The van der Waals surface area contributed by atoms with E-state index in [2.05, 4.69) is 5.43 Å². The molecule has 4 nitrogen and oxygen atoms in total. The molecule has 24 heavy (non-hydrogen) atoms. The fourth-order valence-corrected chi connectivity index (χ4v) is 3.55. The molecule has 2 atom stereocenters. The topological polar surface area (TPSA) is 52.6 Å². The van der Waals surface area contributed by atoms with Crippen molar-refractivity contribution in [1.82, 2.24) is 10.4 Å². The minimum atomic E-state index is -5.01. The lowest BCUT2D eigenvalue weighted by atomic mass is 9.84. The van der Waals surface area contributed by atoms with Crippen LogP contribution in [0.3, 0.4) is 0 Å². The van der Waals surface area contributed by atoms with Gasteiger partial charge in [0.05, 0.1) is 16.5 Å². The summed E-state index contributed by atoms with van der Waals surface area (Å²) >= 11 is 6.01. The predicted molar refractivity (Wildman–Crippen MR) is 81.9 cm³/mol. The smallest absolute Gasteiger partial charge is 0.362 e. The molecular weight excluding hydrogens is 345 g/mol. The van der Waals surface area contributed by atoms with Crippen LogP contribution in [0.15, 0.2) is 30.0 Å². The summed E-state index contributed by atoms with van der Waals surface area (Å²) in [5.74, 6) is -2.24. The molecule has 1 aromatic rings. The first-order valence-electron chi connectivity index (χ1n) is 7.53. The average Bonchev–Trinajstić information content (AvgIpc) is 2.81. The van der Waals surface area contributed by atoms with Gasteiger partial charge in [0.1, 0.15) is 0 Å². The van der Waals surface area contributed by atoms with Crippen LogP contribution in [0.5, 0.6) is 0 Å². The molecule has 0 unspecified atom stereocenters. The Morgan fingerprint density at radius 1 is 1.46 bits per heavy atom. The van der Waals surface area contributed by atoms with Crippen molar-refractivity contribution in [3.05, 3.63) is 46.1 Å². The summed E-state index contributed by atoms with van der Waals surface area (Å²) in [6, 6.07) is 4.42. The number of halogens is 4. The van der Waals surface area contributed by atoms with E-state index in [9.17, 15) is 23.1 Å². The molecule has 0 aromatic heterocycles. The number of rotatable bonds is 1. The lowest BCUT2D eigenvalue weighted by molar-refractivity contribution is -0.314. The number of alkyl halides is 3. The van der Waals surface area contributed by atoms with Crippen molar-refractivity contribution in [2.45, 2.75) is 38.1 Å². The van der Waals surface area contributed by atoms with Gasteiger partial charge in [0.2, 0.25) is 0 Å². The molecule has 1 aromatic carbocycles. The van der Waals surface area contributed by atoms with Gasteiger partial charge >= 0.3 is 6.18 Å². The van der Waals surface area contributed by atoms with E-state index in [1.54, 1.807) is 19.1 Å². The van der Waals surface area contributed by atoms with Crippen LogP contribution in [-0.4, -0.2) is 27.9 Å². The number of nitrogens with zero attached hydrogens (tertiary/aromatic N) is 1. The van der Waals surface area contributed by atoms with Gasteiger partial charge in [0.25, 0.3) is 11.6 Å². The number of nitrogens with one attached hydrogen (secondary N) is 1. The first kappa shape index (κ1) is 17.1. The van der Waals surface area contributed by atoms with E-state index in [4.69, 9.17) is 11.6 Å². The number of hydrazine groups is 1. The van der Waals surface area contributed by atoms with Crippen molar-refractivity contribution in [3.63, 3.8) is 0 Å². The maximum absolute atomic E-state index is 13.7. The molecule has 0 bridgehead atoms. The second-order valence-electron chi connectivity index (χ2n) is 6.10. The van der Waals surface area contributed by atoms with Crippen molar-refractivity contribution < 1.29 is 23.1 Å². The highest BCUT2D eigenvalue weighted by atomic mass is 35.5. The quantitative estimate of drug-likeness (QED) is 0.805. The van der Waals surface area contributed by atoms with Crippen molar-refractivity contribution in [1.29, 1.82) is 0 Å². The van der Waals surface area contributed by atoms with Crippen LogP contribution in [0.25, 0.3) is 0 Å². The zero-order valence-electron chi connectivity index (χ0n) is 12.8. The summed E-state index contributed by atoms with van der Waals surface area (Å²) < 4.78 is 41.0. The zero-order valence-corrected chi connectivity index (χ0v) is 13.6. The summed E-state index contributed by atoms with van der Waals surface area (Å²) in [4.78, 5) is 12.7. The largest absolute Gasteiger partial charge is 0.439 e. The first-order chi connectivity index (χ1) is 11.2. The zero-order chi connectivity index (χ0) is 17.7. The molecule has 0 spiro atoms. The third-order valence-electron chi connectivity index (χ3n) is 4.48. The number of hydrogen-bond acceptors (Lipinski definition) is 3. The van der Waals surface area contributed by atoms with Crippen LogP contribution in [0.1, 0.15) is 35.2 Å². The highest BCUT2D eigenvalue weighted by molar-refractivity contribution is 6.33. The number of carbonyl (C=O) groups is 1. The predicted octanol–water partition coefficient (Wildman–Crippen LogP) is 3.54. The molecule has 2 aliphatic rings. The third-order valence-corrected chi connectivity index (χ3v) is 4.79. The number of amides is 1. The second-order valence-corrected chi connectivity index (χ2v) is 6.51. The van der Waals surface area contributed by atoms with Crippen LogP contribution < -0.4 is 5.43 Å². The number of allylic oxidation sites excluding steroid dienone is 1. The molecule has 130 valence electrons. The maximum atomic E-state index is 13.7. The van der Waals surface area contributed by atoms with Gasteiger partial charge in [-0.3, -0.25) is 10.2 Å². The molecule has 0 radical (unpaired) electrons. The Kier molecular flexibility index (Phi) is 4.04. The Hall–Kier alpha value is -1.73. The highest BCUT2D eigenvalue weighted by Crippen LogP contribution is 2.49. The SMILES string of the molecule is Cc1ccc(C(=O)N2NC3=CCCC[C@@H]3[C@]2(O)C(F)(F)F)c(Cl)c1. The monoisotopic (exact) mass is 360 g/mol. The van der Waals surface area contributed by atoms with Gasteiger partial charge in [-0.2, -0.15) is 13.2 Å². The number of benzene rings is 1. The molecule has 3 rings (SSSR count). The summed E-state index contributed by atoms with van der Waals surface area (Å²) in [6.45, 7) is 1.75. The molecule has 2 N–H and O–H groups in total. The third kappa shape index (κ3) is 2.46. The average molecular weight is 361 g/mol. The maximum Gasteiger partial charge on any atom is 0.439 e. The minimum Gasteiger partial charge on any atom is -0.362 e. The molecule has 1 aliphatic carbocycles. The lowest BCUT2D eigenvalue weighted by Crippen LogP contribution is -2.62. The van der Waals surface area contributed by atoms with Crippen molar-refractivity contribution in [2.24, 2.45) is 5.92 Å². The Bertz CT molecular complexity index is 720. The van der Waals surface area contributed by atoms with Gasteiger partial charge in [-0.05, 0) is 43.9 Å². The van der Waals surface area contributed by atoms with Crippen LogP contribution >= 0.6 is 11.6 Å². The van der Waals surface area contributed by atoms with E-state index in [-0.39, 0.29) is 27.7 Å². The van der Waals surface area contributed by atoms with E-state index < -0.39 is 23.7 Å². The van der Waals surface area contributed by atoms with E-state index in [0.717, 1.165) is 5.56 Å². The first-order valence-corrected chi connectivity index (χ1v) is 7.90. The second kappa shape index (κ2) is 5.67. The van der Waals surface area contributed by atoms with Gasteiger partial charge < -0.3 is 5.11 Å². The Morgan fingerprint density at radius 3 is 2.79 bits per heavy atom. The number of aliphatic hydroxyl groups is 1. The van der Waals surface area contributed by atoms with E-state index in [1.807, 2.05) is 0 Å². The van der Waals surface area contributed by atoms with Gasteiger partial charge in [0, 0.05) is 5.70 Å². The van der Waals surface area contributed by atoms with Gasteiger partial charge in [-0.25, -0.2) is 5.01 Å². The van der Waals surface area contributed by atoms with Crippen molar-refractivity contribution in [3.8, 4) is 0 Å². The number of fused-ring (bicyclic) bond motifs is 1. The summed E-state index contributed by atoms with van der Waals surface area (Å²) in [5, 5.41) is 10.8. The standard InChI is InChI=1S/C16H16ClF3N2O2/c1-9-6-7-10(12(17)8-9)14(23)22-15(24,16(18,19)20)11-4-2-3-5-13(11)21-22/h5-8,11,21,24H,2-4H2,1H3/t11-,15-/m0/s1. The molecule has 1 heterocycles. The summed E-state index contributed by atoms with van der Waals surface area (Å²) in [6.07, 6.45) is -2.17. The van der Waals surface area contributed by atoms with E-state index in [1.165, 1.54) is 12.1 Å². The van der Waals surface area contributed by atoms with E-state index >= 15 is 0 Å². The lowest BCUT2D eigenvalue weighted by Gasteiger charge is -2.37. The summed E-state index contributed by atoms with van der Waals surface area (Å²) in [7, 11) is 0. The molecule has 1 aliphatic heterocycles. The minimum absolute atomic E-state index is 0.0372. The van der Waals surface area contributed by atoms with Crippen LogP contribution in [-0.2, 0) is 0 Å². The normalized spacial score (nSPS) is 26.7. The number of aryl methyl sites for hydroxylation is 1. The summed E-state index contributed by atoms with van der Waals surface area (Å²) in [5.41, 5.74) is 0.0368. The highest BCUT2D eigenvalue weighted by Gasteiger charge is 2.68. The fourth-order valence-electron chi connectivity index (χ4n) is 3.23. The molecule has 1 saturated heterocycles. The van der Waals surface area contributed by atoms with Gasteiger partial charge in [-0.15, -0.1) is 0 Å². The molecule has 1 amide bonds. The molecule has 1 fully saturated rings. The van der Waals surface area contributed by atoms with Crippen LogP contribution in [0.2, 0.25) is 5.02 Å². The molecule has 8 heteroatoms.